The van der Waals surface area contributed by atoms with Crippen molar-refractivity contribution in [3.63, 3.8) is 0 Å². The second kappa shape index (κ2) is 7.30. The van der Waals surface area contributed by atoms with Crippen LogP contribution in [0.25, 0.3) is 0 Å². The van der Waals surface area contributed by atoms with Crippen LogP contribution in [0.15, 0.2) is 22.8 Å². The van der Waals surface area contributed by atoms with Crippen molar-refractivity contribution in [2.45, 2.75) is 18.9 Å². The van der Waals surface area contributed by atoms with E-state index in [0.717, 1.165) is 5.76 Å². The Morgan fingerprint density at radius 2 is 2.50 bits per heavy atom. The number of furan rings is 1. The molecule has 4 nitrogen and oxygen atoms in total. The van der Waals surface area contributed by atoms with E-state index in [0.29, 0.717) is 25.3 Å². The Hall–Kier alpha value is -1.00. The molecule has 0 spiro atoms. The van der Waals surface area contributed by atoms with Crippen molar-refractivity contribution in [3.8, 4) is 0 Å². The second-order valence-electron chi connectivity index (χ2n) is 3.45. The molecular formula is C11H16ClNO3. The van der Waals surface area contributed by atoms with E-state index in [9.17, 15) is 4.79 Å². The van der Waals surface area contributed by atoms with Crippen LogP contribution in [-0.2, 0) is 16.0 Å². The van der Waals surface area contributed by atoms with E-state index in [2.05, 4.69) is 5.32 Å². The average Bonchev–Trinajstić information content (AvgIpc) is 2.78. The molecule has 0 aliphatic carbocycles. The van der Waals surface area contributed by atoms with Crippen molar-refractivity contribution in [2.75, 3.05) is 19.6 Å². The van der Waals surface area contributed by atoms with Crippen molar-refractivity contribution < 1.29 is 13.9 Å². The summed E-state index contributed by atoms with van der Waals surface area (Å²) in [6.07, 6.45) is 2.59. The van der Waals surface area contributed by atoms with Gasteiger partial charge < -0.3 is 14.5 Å². The van der Waals surface area contributed by atoms with Crippen molar-refractivity contribution in [1.29, 1.82) is 0 Å². The number of hydrogen-bond donors (Lipinski definition) is 1. The highest BCUT2D eigenvalue weighted by atomic mass is 35.5. The van der Waals surface area contributed by atoms with Gasteiger partial charge in [-0.3, -0.25) is 4.79 Å². The Morgan fingerprint density at radius 1 is 1.69 bits per heavy atom. The van der Waals surface area contributed by atoms with Crippen molar-refractivity contribution in [1.82, 2.24) is 5.32 Å². The van der Waals surface area contributed by atoms with Crippen molar-refractivity contribution in [3.05, 3.63) is 24.2 Å². The van der Waals surface area contributed by atoms with Crippen molar-refractivity contribution in [2.24, 2.45) is 0 Å². The molecule has 0 aliphatic rings. The number of nitrogens with one attached hydrogen (secondary N) is 1. The molecule has 1 heterocycles. The quantitative estimate of drug-likeness (QED) is 0.742. The smallest absolute Gasteiger partial charge is 0.220 e. The number of rotatable bonds is 7. The fraction of sp³-hybridized carbons (Fsp3) is 0.545. The minimum atomic E-state index is -0.129. The molecule has 0 saturated carbocycles. The zero-order valence-electron chi connectivity index (χ0n) is 9.24. The molecule has 0 radical (unpaired) electrons. The van der Waals surface area contributed by atoms with Crippen LogP contribution < -0.4 is 5.32 Å². The normalized spacial score (nSPS) is 12.4. The van der Waals surface area contributed by atoms with E-state index < -0.39 is 0 Å². The Labute approximate surface area is 99.9 Å². The molecule has 0 aliphatic heterocycles. The minimum Gasteiger partial charge on any atom is -0.469 e. The lowest BCUT2D eigenvalue weighted by Gasteiger charge is -2.14. The highest BCUT2D eigenvalue weighted by Crippen LogP contribution is 2.03. The highest BCUT2D eigenvalue weighted by Gasteiger charge is 2.11. The zero-order valence-corrected chi connectivity index (χ0v) is 10.00. The molecule has 5 heteroatoms. The topological polar surface area (TPSA) is 51.5 Å². The van der Waals surface area contributed by atoms with Crippen LogP contribution in [0.3, 0.4) is 0 Å². The van der Waals surface area contributed by atoms with Gasteiger partial charge in [0.1, 0.15) is 5.76 Å². The summed E-state index contributed by atoms with van der Waals surface area (Å²) in [4.78, 5) is 11.5. The lowest BCUT2D eigenvalue weighted by Crippen LogP contribution is -2.39. The van der Waals surface area contributed by atoms with Gasteiger partial charge in [0.2, 0.25) is 5.91 Å². The summed E-state index contributed by atoms with van der Waals surface area (Å²) in [5, 5.41) is 2.79. The summed E-state index contributed by atoms with van der Waals surface area (Å²) in [7, 11) is 1.58. The first-order valence-electron chi connectivity index (χ1n) is 5.13. The molecule has 16 heavy (non-hydrogen) atoms. The summed E-state index contributed by atoms with van der Waals surface area (Å²) in [5.41, 5.74) is 0. The summed E-state index contributed by atoms with van der Waals surface area (Å²) >= 11 is 5.68. The molecular weight excluding hydrogens is 230 g/mol. The fourth-order valence-corrected chi connectivity index (χ4v) is 1.48. The van der Waals surface area contributed by atoms with E-state index in [1.165, 1.54) is 0 Å². The summed E-state index contributed by atoms with van der Waals surface area (Å²) in [5.74, 6) is 1.11. The number of halogens is 1. The number of carbonyl (C=O) groups excluding carboxylic acids is 1. The van der Waals surface area contributed by atoms with E-state index in [-0.39, 0.29) is 11.9 Å². The van der Waals surface area contributed by atoms with Crippen LogP contribution in [0, 0.1) is 0 Å². The van der Waals surface area contributed by atoms with E-state index in [4.69, 9.17) is 20.8 Å². The molecule has 0 fully saturated rings. The van der Waals surface area contributed by atoms with Crippen LogP contribution in [0.4, 0.5) is 0 Å². The second-order valence-corrected chi connectivity index (χ2v) is 3.76. The van der Waals surface area contributed by atoms with Gasteiger partial charge in [-0.05, 0) is 12.1 Å². The molecule has 1 atom stereocenters. The van der Waals surface area contributed by atoms with Crippen LogP contribution in [0.1, 0.15) is 12.2 Å². The maximum Gasteiger partial charge on any atom is 0.220 e. The third kappa shape index (κ3) is 4.68. The lowest BCUT2D eigenvalue weighted by atomic mass is 10.2. The van der Waals surface area contributed by atoms with Gasteiger partial charge >= 0.3 is 0 Å². The van der Waals surface area contributed by atoms with Crippen LogP contribution in [0.5, 0.6) is 0 Å². The number of ether oxygens (including phenoxy) is 1. The zero-order chi connectivity index (χ0) is 11.8. The number of methoxy groups -OCH3 is 1. The SMILES string of the molecule is COCC(CCl)NC(=O)CCc1ccco1. The molecule has 0 bridgehead atoms. The third-order valence-electron chi connectivity index (χ3n) is 2.10. The van der Waals surface area contributed by atoms with Gasteiger partial charge in [0.25, 0.3) is 0 Å². The van der Waals surface area contributed by atoms with Gasteiger partial charge in [0.15, 0.2) is 0 Å². The first-order chi connectivity index (χ1) is 7.76. The number of carbonyl (C=O) groups is 1. The Balaban J connectivity index is 2.24. The first-order valence-corrected chi connectivity index (χ1v) is 5.66. The summed E-state index contributed by atoms with van der Waals surface area (Å²) in [6, 6.07) is 3.53. The Kier molecular flexibility index (Phi) is 5.96. The lowest BCUT2D eigenvalue weighted by molar-refractivity contribution is -0.122. The Bertz CT molecular complexity index is 300. The van der Waals surface area contributed by atoms with Gasteiger partial charge in [0.05, 0.1) is 18.9 Å². The monoisotopic (exact) mass is 245 g/mol. The molecule has 90 valence electrons. The van der Waals surface area contributed by atoms with E-state index in [1.807, 2.05) is 6.07 Å². The van der Waals surface area contributed by atoms with Gasteiger partial charge in [-0.1, -0.05) is 0 Å². The number of aryl methyl sites for hydroxylation is 1. The van der Waals surface area contributed by atoms with E-state index in [1.54, 1.807) is 19.4 Å². The molecule has 1 aromatic rings. The maximum absolute atomic E-state index is 11.5. The fourth-order valence-electron chi connectivity index (χ4n) is 1.32. The maximum atomic E-state index is 11.5. The van der Waals surface area contributed by atoms with Crippen LogP contribution in [-0.4, -0.2) is 31.5 Å². The molecule has 1 unspecified atom stereocenters. The standard InChI is InChI=1S/C11H16ClNO3/c1-15-8-9(7-12)13-11(14)5-4-10-3-2-6-16-10/h2-3,6,9H,4-5,7-8H2,1H3,(H,13,14). The molecule has 0 saturated heterocycles. The first kappa shape index (κ1) is 13.1. The van der Waals surface area contributed by atoms with Gasteiger partial charge in [0, 0.05) is 25.8 Å². The average molecular weight is 246 g/mol. The predicted molar refractivity (Wildman–Crippen MR) is 61.6 cm³/mol. The highest BCUT2D eigenvalue weighted by molar-refractivity contribution is 6.18. The van der Waals surface area contributed by atoms with Crippen LogP contribution >= 0.6 is 11.6 Å². The molecule has 1 N–H and O–H groups in total. The molecule has 1 aromatic heterocycles. The van der Waals surface area contributed by atoms with Crippen molar-refractivity contribution >= 4 is 17.5 Å². The minimum absolute atomic E-state index is 0.0425. The third-order valence-corrected chi connectivity index (χ3v) is 2.47. The molecule has 1 rings (SSSR count). The summed E-state index contributed by atoms with van der Waals surface area (Å²) in [6.45, 7) is 0.427. The largest absolute Gasteiger partial charge is 0.469 e. The Morgan fingerprint density at radius 3 is 3.06 bits per heavy atom. The molecule has 1 amide bonds. The predicted octanol–water partition coefficient (Wildman–Crippen LogP) is 1.58. The summed E-state index contributed by atoms with van der Waals surface area (Å²) < 4.78 is 10.1. The van der Waals surface area contributed by atoms with E-state index >= 15 is 0 Å². The number of hydrogen-bond acceptors (Lipinski definition) is 3. The van der Waals surface area contributed by atoms with Crippen LogP contribution in [0.2, 0.25) is 0 Å². The van der Waals surface area contributed by atoms with Gasteiger partial charge in [-0.2, -0.15) is 0 Å². The number of amides is 1. The van der Waals surface area contributed by atoms with Gasteiger partial charge in [-0.25, -0.2) is 0 Å². The number of alkyl halides is 1. The molecule has 0 aromatic carbocycles. The van der Waals surface area contributed by atoms with Gasteiger partial charge in [-0.15, -0.1) is 11.6 Å².